The molecule has 9 nitrogen and oxygen atoms in total. The molecule has 0 saturated carbocycles. The molecule has 0 radical (unpaired) electrons. The number of fused-ring (bicyclic) bond motifs is 1. The number of para-hydroxylation sites is 2. The Morgan fingerprint density at radius 1 is 1.08 bits per heavy atom. The molecule has 5 N–H and O–H groups in total. The smallest absolute Gasteiger partial charge is 0.412 e. The van der Waals surface area contributed by atoms with Crippen molar-refractivity contribution < 1.29 is 28.9 Å². The lowest BCUT2D eigenvalue weighted by molar-refractivity contribution is -0.112. The highest BCUT2D eigenvalue weighted by atomic mass is 79.9. The summed E-state index contributed by atoms with van der Waals surface area (Å²) in [7, 11) is 0. The summed E-state index contributed by atoms with van der Waals surface area (Å²) in [6.45, 7) is 3.68. The summed E-state index contributed by atoms with van der Waals surface area (Å²) in [6.07, 6.45) is 1.23. The Bertz CT molecular complexity index is 1360. The van der Waals surface area contributed by atoms with Crippen LogP contribution in [-0.4, -0.2) is 23.9 Å². The number of aromatic hydroxyl groups is 1. The number of ether oxygens (including phenoxy) is 3. The van der Waals surface area contributed by atoms with E-state index in [9.17, 15) is 14.7 Å². The van der Waals surface area contributed by atoms with Gasteiger partial charge in [0, 0.05) is 27.2 Å². The summed E-state index contributed by atoms with van der Waals surface area (Å²) in [4.78, 5) is 25.5. The minimum Gasteiger partial charge on any atom is -0.508 e. The normalized spacial score (nSPS) is 13.3. The Labute approximate surface area is 222 Å². The highest BCUT2D eigenvalue weighted by Crippen LogP contribution is 2.43. The van der Waals surface area contributed by atoms with E-state index in [0.29, 0.717) is 38.6 Å². The lowest BCUT2D eigenvalue weighted by Gasteiger charge is -2.32. The third-order valence-corrected chi connectivity index (χ3v) is 6.17. The number of amides is 2. The largest absolute Gasteiger partial charge is 0.508 e. The number of carbonyl (C=O) groups is 2. The van der Waals surface area contributed by atoms with Crippen molar-refractivity contribution in [2.75, 3.05) is 23.2 Å². The van der Waals surface area contributed by atoms with Crippen LogP contribution in [0.15, 0.2) is 77.3 Å². The maximum absolute atomic E-state index is 12.9. The topological polar surface area (TPSA) is 132 Å². The summed E-state index contributed by atoms with van der Waals surface area (Å²) >= 11 is 3.40. The summed E-state index contributed by atoms with van der Waals surface area (Å²) in [5, 5.41) is 16.0. The zero-order chi connectivity index (χ0) is 26.6. The third-order valence-electron chi connectivity index (χ3n) is 5.67. The fraction of sp³-hybridized carbons (Fsp3) is 0.185. The van der Waals surface area contributed by atoms with Crippen LogP contribution in [0, 0.1) is 5.41 Å². The number of rotatable bonds is 7. The van der Waals surface area contributed by atoms with Crippen LogP contribution in [0.3, 0.4) is 0 Å². The van der Waals surface area contributed by atoms with Gasteiger partial charge in [-0.2, -0.15) is 0 Å². The number of phenolic OH excluding ortho intramolecular Hbond substituents is 1. The van der Waals surface area contributed by atoms with E-state index >= 15 is 0 Å². The molecule has 3 aromatic rings. The van der Waals surface area contributed by atoms with Gasteiger partial charge in [-0.25, -0.2) is 4.79 Å². The molecule has 1 heterocycles. The molecule has 1 atom stereocenters. The average molecular weight is 568 g/mol. The summed E-state index contributed by atoms with van der Waals surface area (Å²) in [5.41, 5.74) is 6.70. The number of phenols is 1. The highest BCUT2D eigenvalue weighted by Gasteiger charge is 2.35. The molecule has 37 heavy (non-hydrogen) atoms. The monoisotopic (exact) mass is 567 g/mol. The van der Waals surface area contributed by atoms with E-state index in [4.69, 9.17) is 19.9 Å². The number of nitrogens with two attached hydrogens (primary N) is 1. The van der Waals surface area contributed by atoms with Gasteiger partial charge in [-0.05, 0) is 48.5 Å². The molecule has 4 rings (SSSR count). The number of hydrogen-bond acceptors (Lipinski definition) is 7. The standard InChI is InChI=1S/C27H26BrN3O6/c1-27(2,12-11-24(33)31-20-6-4-3-5-19(20)29)25(18-13-16(28)7-9-21(18)32)37-26(34)30-17-8-10-22-23(14-17)36-15-35-22/h3-14,25,32H,15,29H2,1-2H3,(H,30,34)(H,31,33)/b12-11+/t25-/m0/s1. The first-order valence-corrected chi connectivity index (χ1v) is 12.1. The Morgan fingerprint density at radius 2 is 1.84 bits per heavy atom. The van der Waals surface area contributed by atoms with E-state index in [2.05, 4.69) is 26.6 Å². The lowest BCUT2D eigenvalue weighted by atomic mass is 9.81. The molecular weight excluding hydrogens is 542 g/mol. The van der Waals surface area contributed by atoms with Crippen LogP contribution in [0.25, 0.3) is 0 Å². The first-order valence-electron chi connectivity index (χ1n) is 11.3. The number of benzene rings is 3. The molecule has 0 fully saturated rings. The van der Waals surface area contributed by atoms with Gasteiger partial charge in [-0.1, -0.05) is 48.0 Å². The number of carbonyl (C=O) groups excluding carboxylic acids is 2. The summed E-state index contributed by atoms with van der Waals surface area (Å²) in [5.74, 6) is 0.616. The number of hydrogen-bond donors (Lipinski definition) is 4. The molecule has 10 heteroatoms. The number of halogens is 1. The van der Waals surface area contributed by atoms with E-state index in [1.54, 1.807) is 74.5 Å². The van der Waals surface area contributed by atoms with Crippen molar-refractivity contribution in [3.63, 3.8) is 0 Å². The minimum atomic E-state index is -0.968. The fourth-order valence-electron chi connectivity index (χ4n) is 3.74. The predicted molar refractivity (Wildman–Crippen MR) is 144 cm³/mol. The van der Waals surface area contributed by atoms with Gasteiger partial charge < -0.3 is 30.4 Å². The number of anilines is 3. The highest BCUT2D eigenvalue weighted by molar-refractivity contribution is 9.10. The second kappa shape index (κ2) is 10.8. The van der Waals surface area contributed by atoms with E-state index in [0.717, 1.165) is 0 Å². The van der Waals surface area contributed by atoms with Crippen LogP contribution in [0.5, 0.6) is 17.2 Å². The SMILES string of the molecule is CC(C)(/C=C/C(=O)Nc1ccccc1N)[C@@H](OC(=O)Nc1ccc2c(c1)OCO2)c1cc(Br)ccc1O. The predicted octanol–water partition coefficient (Wildman–Crippen LogP) is 5.98. The minimum absolute atomic E-state index is 0.0629. The van der Waals surface area contributed by atoms with E-state index in [-0.39, 0.29) is 12.5 Å². The molecule has 0 bridgehead atoms. The van der Waals surface area contributed by atoms with Gasteiger partial charge in [0.1, 0.15) is 11.9 Å². The van der Waals surface area contributed by atoms with Crippen LogP contribution in [-0.2, 0) is 9.53 Å². The fourth-order valence-corrected chi connectivity index (χ4v) is 4.12. The Morgan fingerprint density at radius 3 is 2.62 bits per heavy atom. The van der Waals surface area contributed by atoms with Crippen molar-refractivity contribution in [2.24, 2.45) is 5.41 Å². The molecule has 0 aromatic heterocycles. The second-order valence-corrected chi connectivity index (χ2v) is 9.83. The Balaban J connectivity index is 1.55. The maximum Gasteiger partial charge on any atom is 0.412 e. The zero-order valence-corrected chi connectivity index (χ0v) is 21.7. The number of nitrogen functional groups attached to an aromatic ring is 1. The molecule has 0 unspecified atom stereocenters. The van der Waals surface area contributed by atoms with Gasteiger partial charge in [0.05, 0.1) is 11.4 Å². The first-order chi connectivity index (χ1) is 17.6. The quantitative estimate of drug-likeness (QED) is 0.204. The lowest BCUT2D eigenvalue weighted by Crippen LogP contribution is -2.28. The zero-order valence-electron chi connectivity index (χ0n) is 20.2. The Kier molecular flexibility index (Phi) is 7.58. The van der Waals surface area contributed by atoms with E-state index < -0.39 is 23.5 Å². The molecule has 0 saturated heterocycles. The average Bonchev–Trinajstić information content (AvgIpc) is 3.32. The van der Waals surface area contributed by atoms with Gasteiger partial charge in [0.25, 0.3) is 0 Å². The van der Waals surface area contributed by atoms with Crippen LogP contribution in [0.4, 0.5) is 21.9 Å². The summed E-state index contributed by atoms with van der Waals surface area (Å²) in [6, 6.07) is 16.7. The van der Waals surface area contributed by atoms with Gasteiger partial charge in [-0.3, -0.25) is 10.1 Å². The maximum atomic E-state index is 12.9. The van der Waals surface area contributed by atoms with Crippen molar-refractivity contribution in [1.29, 1.82) is 0 Å². The van der Waals surface area contributed by atoms with Crippen LogP contribution < -0.4 is 25.8 Å². The van der Waals surface area contributed by atoms with Gasteiger partial charge in [-0.15, -0.1) is 0 Å². The molecule has 1 aliphatic heterocycles. The molecule has 3 aromatic carbocycles. The third kappa shape index (κ3) is 6.34. The molecule has 1 aliphatic rings. The van der Waals surface area contributed by atoms with Crippen molar-refractivity contribution in [3.05, 3.63) is 82.9 Å². The van der Waals surface area contributed by atoms with Crippen LogP contribution in [0.1, 0.15) is 25.5 Å². The van der Waals surface area contributed by atoms with Gasteiger partial charge in [0.2, 0.25) is 12.7 Å². The van der Waals surface area contributed by atoms with Crippen molar-refractivity contribution in [1.82, 2.24) is 0 Å². The van der Waals surface area contributed by atoms with E-state index in [1.807, 2.05) is 0 Å². The second-order valence-electron chi connectivity index (χ2n) is 8.91. The molecule has 0 spiro atoms. The Hall–Kier alpha value is -4.18. The van der Waals surface area contributed by atoms with E-state index in [1.165, 1.54) is 12.1 Å². The molecule has 192 valence electrons. The number of nitrogens with one attached hydrogen (secondary N) is 2. The van der Waals surface area contributed by atoms with Crippen LogP contribution >= 0.6 is 15.9 Å². The molecule has 0 aliphatic carbocycles. The van der Waals surface area contributed by atoms with Crippen molar-refractivity contribution in [3.8, 4) is 17.2 Å². The van der Waals surface area contributed by atoms with Gasteiger partial charge >= 0.3 is 6.09 Å². The molecule has 2 amide bonds. The van der Waals surface area contributed by atoms with Gasteiger partial charge in [0.15, 0.2) is 11.5 Å². The van der Waals surface area contributed by atoms with Crippen LogP contribution in [0.2, 0.25) is 0 Å². The summed E-state index contributed by atoms with van der Waals surface area (Å²) < 4.78 is 17.2. The molecular formula is C27H26BrN3O6. The van der Waals surface area contributed by atoms with Crippen molar-refractivity contribution >= 4 is 45.0 Å². The first kappa shape index (κ1) is 25.9. The van der Waals surface area contributed by atoms with Crippen molar-refractivity contribution in [2.45, 2.75) is 20.0 Å².